The monoisotopic (exact) mass is 341 g/mol. The highest BCUT2D eigenvalue weighted by atomic mass is 32.1. The Balaban J connectivity index is 1.54. The molecule has 0 saturated carbocycles. The van der Waals surface area contributed by atoms with Crippen molar-refractivity contribution in [1.82, 2.24) is 4.98 Å². The van der Waals surface area contributed by atoms with Crippen molar-refractivity contribution in [2.75, 3.05) is 36.0 Å². The van der Waals surface area contributed by atoms with Crippen LogP contribution >= 0.6 is 11.3 Å². The number of anilines is 2. The van der Waals surface area contributed by atoms with E-state index in [0.717, 1.165) is 36.8 Å². The number of hydrogen-bond donors (Lipinski definition) is 0. The lowest BCUT2D eigenvalue weighted by molar-refractivity contribution is 0.597. The zero-order chi connectivity index (χ0) is 16.7. The van der Waals surface area contributed by atoms with Gasteiger partial charge in [0.05, 0.1) is 15.9 Å². The fourth-order valence-electron chi connectivity index (χ4n) is 3.20. The van der Waals surface area contributed by atoms with E-state index < -0.39 is 0 Å². The molecule has 1 aromatic heterocycles. The minimum atomic E-state index is -0.142. The molecule has 0 radical (unpaired) electrons. The molecular formula is C19H20FN3S. The standard InChI is InChI=1S/C19H20FN3S/c1-13-7-8-17-18(14(13)2)21-19(24-17)23-11-9-22(10-12-23)16-6-4-3-5-15(16)20/h3-8H,9-12H2,1-2H3. The molecule has 2 aromatic carbocycles. The summed E-state index contributed by atoms with van der Waals surface area (Å²) in [6.45, 7) is 7.63. The molecule has 24 heavy (non-hydrogen) atoms. The summed E-state index contributed by atoms with van der Waals surface area (Å²) in [4.78, 5) is 9.30. The zero-order valence-electron chi connectivity index (χ0n) is 13.9. The van der Waals surface area contributed by atoms with Crippen molar-refractivity contribution >= 4 is 32.4 Å². The largest absolute Gasteiger partial charge is 0.366 e. The van der Waals surface area contributed by atoms with Crippen molar-refractivity contribution in [3.05, 3.63) is 53.3 Å². The highest BCUT2D eigenvalue weighted by molar-refractivity contribution is 7.22. The first kappa shape index (κ1) is 15.4. The Morgan fingerprint density at radius 2 is 1.67 bits per heavy atom. The number of aryl methyl sites for hydroxylation is 2. The van der Waals surface area contributed by atoms with E-state index in [4.69, 9.17) is 4.98 Å². The van der Waals surface area contributed by atoms with Crippen LogP contribution in [-0.4, -0.2) is 31.2 Å². The maximum absolute atomic E-state index is 14.0. The van der Waals surface area contributed by atoms with Crippen molar-refractivity contribution < 1.29 is 4.39 Å². The van der Waals surface area contributed by atoms with E-state index in [9.17, 15) is 4.39 Å². The normalized spacial score (nSPS) is 15.3. The third kappa shape index (κ3) is 2.63. The number of hydrogen-bond acceptors (Lipinski definition) is 4. The number of nitrogens with zero attached hydrogens (tertiary/aromatic N) is 3. The van der Waals surface area contributed by atoms with E-state index in [0.29, 0.717) is 5.69 Å². The Bertz CT molecular complexity index is 881. The fraction of sp³-hybridized carbons (Fsp3) is 0.316. The number of para-hydroxylation sites is 1. The second-order valence-corrected chi connectivity index (χ2v) is 7.29. The van der Waals surface area contributed by atoms with Gasteiger partial charge in [-0.25, -0.2) is 9.37 Å². The number of aromatic nitrogens is 1. The van der Waals surface area contributed by atoms with Crippen LogP contribution in [0.2, 0.25) is 0 Å². The van der Waals surface area contributed by atoms with Crippen LogP contribution in [0.4, 0.5) is 15.2 Å². The lowest BCUT2D eigenvalue weighted by Gasteiger charge is -2.36. The summed E-state index contributed by atoms with van der Waals surface area (Å²) in [7, 11) is 0. The highest BCUT2D eigenvalue weighted by Crippen LogP contribution is 2.32. The van der Waals surface area contributed by atoms with E-state index in [1.165, 1.54) is 21.9 Å². The molecule has 0 spiro atoms. The van der Waals surface area contributed by atoms with Crippen LogP contribution in [0.25, 0.3) is 10.2 Å². The molecule has 0 atom stereocenters. The lowest BCUT2D eigenvalue weighted by atomic mass is 10.1. The number of rotatable bonds is 2. The van der Waals surface area contributed by atoms with Crippen LogP contribution in [0.3, 0.4) is 0 Å². The van der Waals surface area contributed by atoms with Gasteiger partial charge in [0.25, 0.3) is 0 Å². The Kier molecular flexibility index (Phi) is 3.88. The zero-order valence-corrected chi connectivity index (χ0v) is 14.7. The summed E-state index contributed by atoms with van der Waals surface area (Å²) in [5.41, 5.74) is 4.36. The number of piperazine rings is 1. The first-order chi connectivity index (χ1) is 11.6. The van der Waals surface area contributed by atoms with Gasteiger partial charge in [-0.1, -0.05) is 29.5 Å². The van der Waals surface area contributed by atoms with Gasteiger partial charge in [0.15, 0.2) is 5.13 Å². The maximum Gasteiger partial charge on any atom is 0.186 e. The van der Waals surface area contributed by atoms with Gasteiger partial charge in [0, 0.05) is 26.2 Å². The van der Waals surface area contributed by atoms with Crippen LogP contribution in [-0.2, 0) is 0 Å². The molecule has 1 aliphatic heterocycles. The summed E-state index contributed by atoms with van der Waals surface area (Å²) in [5, 5.41) is 1.08. The van der Waals surface area contributed by atoms with Crippen LogP contribution in [0, 0.1) is 19.7 Å². The number of halogens is 1. The summed E-state index contributed by atoms with van der Waals surface area (Å²) in [5.74, 6) is -0.142. The van der Waals surface area contributed by atoms with E-state index >= 15 is 0 Å². The molecular weight excluding hydrogens is 321 g/mol. The van der Waals surface area contributed by atoms with Crippen LogP contribution in [0.5, 0.6) is 0 Å². The predicted molar refractivity (Wildman–Crippen MR) is 99.9 cm³/mol. The van der Waals surface area contributed by atoms with E-state index in [1.54, 1.807) is 17.4 Å². The lowest BCUT2D eigenvalue weighted by Crippen LogP contribution is -2.46. The van der Waals surface area contributed by atoms with Gasteiger partial charge in [-0.2, -0.15) is 0 Å². The van der Waals surface area contributed by atoms with Crippen molar-refractivity contribution in [2.45, 2.75) is 13.8 Å². The summed E-state index contributed by atoms with van der Waals surface area (Å²) in [6, 6.07) is 11.3. The minimum absolute atomic E-state index is 0.142. The van der Waals surface area contributed by atoms with Gasteiger partial charge in [0.2, 0.25) is 0 Å². The SMILES string of the molecule is Cc1ccc2sc(N3CCN(c4ccccc4F)CC3)nc2c1C. The second-order valence-electron chi connectivity index (χ2n) is 6.28. The summed E-state index contributed by atoms with van der Waals surface area (Å²) < 4.78 is 15.2. The molecule has 1 saturated heterocycles. The molecule has 0 amide bonds. The fourth-order valence-corrected chi connectivity index (χ4v) is 4.27. The van der Waals surface area contributed by atoms with Crippen LogP contribution in [0.1, 0.15) is 11.1 Å². The van der Waals surface area contributed by atoms with Gasteiger partial charge in [0.1, 0.15) is 5.82 Å². The van der Waals surface area contributed by atoms with Crippen molar-refractivity contribution in [3.8, 4) is 0 Å². The van der Waals surface area contributed by atoms with E-state index in [1.807, 2.05) is 12.1 Å². The Hall–Kier alpha value is -2.14. The minimum Gasteiger partial charge on any atom is -0.366 e. The molecule has 0 bridgehead atoms. The van der Waals surface area contributed by atoms with Crippen molar-refractivity contribution in [1.29, 1.82) is 0 Å². The summed E-state index contributed by atoms with van der Waals surface area (Å²) in [6.07, 6.45) is 0. The van der Waals surface area contributed by atoms with Crippen molar-refractivity contribution in [2.24, 2.45) is 0 Å². The topological polar surface area (TPSA) is 19.4 Å². The average molecular weight is 341 g/mol. The first-order valence-corrected chi connectivity index (χ1v) is 9.06. The van der Waals surface area contributed by atoms with Gasteiger partial charge < -0.3 is 9.80 Å². The predicted octanol–water partition coefficient (Wildman–Crippen LogP) is 4.38. The third-order valence-corrected chi connectivity index (χ3v) is 5.90. The average Bonchev–Trinajstić information content (AvgIpc) is 3.04. The highest BCUT2D eigenvalue weighted by Gasteiger charge is 2.22. The Labute approximate surface area is 145 Å². The molecule has 2 heterocycles. The van der Waals surface area contributed by atoms with E-state index in [2.05, 4.69) is 35.8 Å². The molecule has 0 unspecified atom stereocenters. The van der Waals surface area contributed by atoms with Gasteiger partial charge >= 0.3 is 0 Å². The molecule has 0 aliphatic carbocycles. The van der Waals surface area contributed by atoms with Gasteiger partial charge in [-0.05, 0) is 43.2 Å². The smallest absolute Gasteiger partial charge is 0.186 e. The maximum atomic E-state index is 14.0. The Morgan fingerprint density at radius 1 is 0.958 bits per heavy atom. The number of benzene rings is 2. The summed E-state index contributed by atoms with van der Waals surface area (Å²) >= 11 is 1.75. The number of thiazole rings is 1. The first-order valence-electron chi connectivity index (χ1n) is 8.24. The molecule has 1 fully saturated rings. The van der Waals surface area contributed by atoms with Gasteiger partial charge in [-0.15, -0.1) is 0 Å². The molecule has 124 valence electrons. The quantitative estimate of drug-likeness (QED) is 0.689. The van der Waals surface area contributed by atoms with Crippen LogP contribution < -0.4 is 9.80 Å². The molecule has 5 heteroatoms. The van der Waals surface area contributed by atoms with Crippen molar-refractivity contribution in [3.63, 3.8) is 0 Å². The Morgan fingerprint density at radius 3 is 2.42 bits per heavy atom. The molecule has 3 aromatic rings. The van der Waals surface area contributed by atoms with Gasteiger partial charge in [-0.3, -0.25) is 0 Å². The van der Waals surface area contributed by atoms with Crippen LogP contribution in [0.15, 0.2) is 36.4 Å². The van der Waals surface area contributed by atoms with E-state index in [-0.39, 0.29) is 5.82 Å². The third-order valence-electron chi connectivity index (χ3n) is 4.82. The number of fused-ring (bicyclic) bond motifs is 1. The molecule has 1 aliphatic rings. The molecule has 4 rings (SSSR count). The second kappa shape index (κ2) is 6.06. The molecule has 3 nitrogen and oxygen atoms in total. The molecule has 0 N–H and O–H groups in total.